The summed E-state index contributed by atoms with van der Waals surface area (Å²) in [5.41, 5.74) is 20.5. The number of phenolic OH excluding ortho intramolecular Hbond substituents is 1. The van der Waals surface area contributed by atoms with Crippen LogP contribution in [-0.2, 0) is 57.6 Å². The number of aromatic nitrogens is 1. The van der Waals surface area contributed by atoms with Gasteiger partial charge in [0.25, 0.3) is 0 Å². The monoisotopic (exact) mass is 1070 g/mol. The van der Waals surface area contributed by atoms with Gasteiger partial charge in [-0.15, -0.1) is 0 Å². The minimum Gasteiger partial charge on any atom is -0.508 e. The molecule has 2 heterocycles. The van der Waals surface area contributed by atoms with Crippen LogP contribution in [0.15, 0.2) is 85.1 Å². The highest BCUT2D eigenvalue weighted by Crippen LogP contribution is 2.39. The summed E-state index contributed by atoms with van der Waals surface area (Å²) < 4.78 is -1.32. The number of H-pyrrole nitrogens is 1. The van der Waals surface area contributed by atoms with Gasteiger partial charge in [0, 0.05) is 40.4 Å². The van der Waals surface area contributed by atoms with Crippen LogP contribution >= 0.6 is 21.6 Å². The summed E-state index contributed by atoms with van der Waals surface area (Å²) in [7, 11) is 2.06. The van der Waals surface area contributed by atoms with E-state index in [-0.39, 0.29) is 43.7 Å². The lowest BCUT2D eigenvalue weighted by Gasteiger charge is -2.35. The van der Waals surface area contributed by atoms with E-state index in [1.54, 1.807) is 70.3 Å². The maximum atomic E-state index is 15.0. The van der Waals surface area contributed by atoms with Gasteiger partial charge in [0.1, 0.15) is 48.0 Å². The number of aromatic hydroxyl groups is 1. The molecule has 21 nitrogen and oxygen atoms in total. The minimum atomic E-state index is -1.56. The highest BCUT2D eigenvalue weighted by atomic mass is 33.1. The molecule has 3 aromatic carbocycles. The summed E-state index contributed by atoms with van der Waals surface area (Å²) in [5, 5.41) is 40.4. The van der Waals surface area contributed by atoms with Crippen molar-refractivity contribution in [2.45, 2.75) is 132 Å². The number of fused-ring (bicyclic) bond motifs is 1. The third-order valence-corrected chi connectivity index (χ3v) is 16.0. The second-order valence-corrected chi connectivity index (χ2v) is 22.5. The van der Waals surface area contributed by atoms with Gasteiger partial charge < -0.3 is 69.6 Å². The number of aromatic amines is 1. The Morgan fingerprint density at radius 3 is 2.01 bits per heavy atom. The highest BCUT2D eigenvalue weighted by molar-refractivity contribution is 8.77. The molecular formula is C52H71N11O10S2. The third kappa shape index (κ3) is 17.2. The van der Waals surface area contributed by atoms with Crippen LogP contribution in [0.3, 0.4) is 0 Å². The van der Waals surface area contributed by atoms with Crippen LogP contribution < -0.4 is 54.4 Å². The molecular weight excluding hydrogens is 1000 g/mol. The Morgan fingerprint density at radius 1 is 0.760 bits per heavy atom. The number of aliphatic hydroxyl groups excluding tert-OH is 1. The Bertz CT molecular complexity index is 2620. The first-order valence-corrected chi connectivity index (χ1v) is 27.1. The van der Waals surface area contributed by atoms with E-state index in [9.17, 15) is 43.8 Å². The Labute approximate surface area is 444 Å². The predicted octanol–water partition coefficient (Wildman–Crippen LogP) is 0.447. The minimum absolute atomic E-state index is 0.0514. The fourth-order valence-electron chi connectivity index (χ4n) is 8.35. The molecule has 0 radical (unpaired) electrons. The summed E-state index contributed by atoms with van der Waals surface area (Å²) in [4.78, 5) is 117. The van der Waals surface area contributed by atoms with Crippen LogP contribution in [0.1, 0.15) is 70.6 Å². The van der Waals surface area contributed by atoms with Crippen molar-refractivity contribution in [1.82, 2.24) is 42.2 Å². The number of carbonyl (C=O) groups excluding carboxylic acids is 8. The Balaban J connectivity index is 1.63. The fourth-order valence-corrected chi connectivity index (χ4v) is 11.2. The Kier molecular flexibility index (Phi) is 21.9. The number of nitrogens with two attached hydrogens (primary N) is 3. The number of benzene rings is 3. The molecule has 1 saturated heterocycles. The fraction of sp³-hybridized carbons (Fsp3) is 0.462. The average molecular weight is 1070 g/mol. The number of amides is 8. The van der Waals surface area contributed by atoms with E-state index in [1.807, 2.05) is 30.3 Å². The molecule has 0 saturated carbocycles. The molecule has 406 valence electrons. The summed E-state index contributed by atoms with van der Waals surface area (Å²) in [5.74, 6) is -7.53. The lowest BCUT2D eigenvalue weighted by Crippen LogP contribution is -2.63. The molecule has 8 amide bonds. The summed E-state index contributed by atoms with van der Waals surface area (Å²) >= 11 is 0. The van der Waals surface area contributed by atoms with Crippen molar-refractivity contribution in [2.24, 2.45) is 23.1 Å². The van der Waals surface area contributed by atoms with Crippen molar-refractivity contribution in [2.75, 3.05) is 12.3 Å². The average Bonchev–Trinajstić information content (AvgIpc) is 3.77. The standard InChI is InChI=1S/C52H71N11O10S2/c1-28(2)41-50(72)60-40(49(71)62-42(29(3)64)44(55)66)27-74-75-52(4,5)43(63-45(67)35(54)23-30-13-7-6-8-14-30)51(73)59-38(24-31-18-20-33(65)21-19-31)47(69)58-39(25-32-26-56-36-16-10-9-15-34(32)36)48(70)57-37(46(68)61-41)17-11-12-22-53/h6-10,13-16,18-21,26,28-29,35,37-43,56,64-65H,11-12,17,22-25,27,53-54H2,1-5H3,(H2,55,66)(H,57,70)(H,58,69)(H,59,73)(H,60,72)(H,61,68)(H,62,71)(H,63,67)/t29-,35-,37+,38+,39-,40+,41+,42+,43-/m1/s1. The summed E-state index contributed by atoms with van der Waals surface area (Å²) in [6.45, 7) is 8.13. The van der Waals surface area contributed by atoms with Crippen LogP contribution in [0, 0.1) is 5.92 Å². The molecule has 9 atom stereocenters. The quantitative estimate of drug-likeness (QED) is 0.0505. The first kappa shape index (κ1) is 59.2. The van der Waals surface area contributed by atoms with Gasteiger partial charge in [-0.05, 0) is 93.8 Å². The molecule has 1 aliphatic rings. The maximum absolute atomic E-state index is 15.0. The first-order chi connectivity index (χ1) is 35.6. The van der Waals surface area contributed by atoms with Gasteiger partial charge in [-0.2, -0.15) is 0 Å². The van der Waals surface area contributed by atoms with E-state index in [0.29, 0.717) is 24.0 Å². The third-order valence-electron chi connectivity index (χ3n) is 12.7. The Hall–Kier alpha value is -6.66. The lowest BCUT2D eigenvalue weighted by molar-refractivity contribution is -0.136. The highest BCUT2D eigenvalue weighted by Gasteiger charge is 2.42. The second-order valence-electron chi connectivity index (χ2n) is 19.5. The normalized spacial score (nSPS) is 22.5. The van der Waals surface area contributed by atoms with Crippen LogP contribution in [0.4, 0.5) is 0 Å². The lowest BCUT2D eigenvalue weighted by atomic mass is 9.98. The molecule has 5 rings (SSSR count). The van der Waals surface area contributed by atoms with Gasteiger partial charge in [-0.25, -0.2) is 0 Å². The van der Waals surface area contributed by atoms with Gasteiger partial charge in [0.05, 0.1) is 12.1 Å². The second kappa shape index (κ2) is 27.8. The number of rotatable bonds is 17. The van der Waals surface area contributed by atoms with Crippen molar-refractivity contribution >= 4 is 79.7 Å². The molecule has 1 fully saturated rings. The summed E-state index contributed by atoms with van der Waals surface area (Å²) in [6.07, 6.45) is 1.05. The number of hydrogen-bond donors (Lipinski definition) is 13. The number of nitrogens with one attached hydrogen (secondary N) is 8. The van der Waals surface area contributed by atoms with E-state index in [1.165, 1.54) is 19.1 Å². The zero-order valence-electron chi connectivity index (χ0n) is 42.7. The van der Waals surface area contributed by atoms with Gasteiger partial charge in [-0.1, -0.05) is 96.1 Å². The van der Waals surface area contributed by atoms with Crippen LogP contribution in [0.5, 0.6) is 5.75 Å². The first-order valence-electron chi connectivity index (χ1n) is 24.8. The number of phenols is 1. The number of primary amides is 1. The van der Waals surface area contributed by atoms with Gasteiger partial charge in [-0.3, -0.25) is 38.4 Å². The number of aliphatic hydroxyl groups is 1. The summed E-state index contributed by atoms with van der Waals surface area (Å²) in [6, 6.07) is 11.3. The predicted molar refractivity (Wildman–Crippen MR) is 288 cm³/mol. The molecule has 0 spiro atoms. The van der Waals surface area contributed by atoms with Crippen LogP contribution in [0.25, 0.3) is 10.9 Å². The van der Waals surface area contributed by atoms with Crippen molar-refractivity contribution in [3.63, 3.8) is 0 Å². The van der Waals surface area contributed by atoms with E-state index < -0.39 is 112 Å². The molecule has 0 aliphatic carbocycles. The van der Waals surface area contributed by atoms with Crippen molar-refractivity contribution < 1.29 is 48.6 Å². The van der Waals surface area contributed by atoms with Crippen molar-refractivity contribution in [3.8, 4) is 5.75 Å². The van der Waals surface area contributed by atoms with Crippen LogP contribution in [0.2, 0.25) is 0 Å². The van der Waals surface area contributed by atoms with Gasteiger partial charge >= 0.3 is 0 Å². The van der Waals surface area contributed by atoms with Crippen LogP contribution in [-0.4, -0.2) is 134 Å². The van der Waals surface area contributed by atoms with Gasteiger partial charge in [0.15, 0.2) is 0 Å². The van der Waals surface area contributed by atoms with Crippen molar-refractivity contribution in [1.29, 1.82) is 0 Å². The number of hydrogen-bond acceptors (Lipinski definition) is 14. The molecule has 0 bridgehead atoms. The smallest absolute Gasteiger partial charge is 0.244 e. The zero-order valence-corrected chi connectivity index (χ0v) is 44.4. The Morgan fingerprint density at radius 2 is 1.37 bits per heavy atom. The molecule has 4 aromatic rings. The molecule has 16 N–H and O–H groups in total. The van der Waals surface area contributed by atoms with E-state index >= 15 is 4.79 Å². The van der Waals surface area contributed by atoms with Crippen molar-refractivity contribution in [3.05, 3.63) is 102 Å². The number of unbranched alkanes of at least 4 members (excludes halogenated alkanes) is 1. The van der Waals surface area contributed by atoms with E-state index in [4.69, 9.17) is 17.2 Å². The SMILES string of the molecule is CC(C)[C@@H]1NC(=O)[C@H](CCCCN)NC(=O)[C@@H](Cc2c[nH]c3ccccc23)NC(=O)[C@H](Cc2ccc(O)cc2)NC(=O)[C@@H](NC(=O)[C@H](N)Cc2ccccc2)C(C)(C)SSC[C@@H](C(=O)N[C@H](C(N)=O)[C@@H](C)O)NC1=O. The van der Waals surface area contributed by atoms with Gasteiger partial charge in [0.2, 0.25) is 47.3 Å². The maximum Gasteiger partial charge on any atom is 0.244 e. The van der Waals surface area contributed by atoms with E-state index in [2.05, 4.69) is 42.2 Å². The largest absolute Gasteiger partial charge is 0.508 e. The topological polar surface area (TPSA) is 355 Å². The zero-order chi connectivity index (χ0) is 55.0. The van der Waals surface area contributed by atoms with E-state index in [0.717, 1.165) is 38.1 Å². The molecule has 75 heavy (non-hydrogen) atoms. The molecule has 0 unspecified atom stereocenters. The molecule has 1 aromatic heterocycles. The molecule has 23 heteroatoms. The molecule has 1 aliphatic heterocycles. The number of para-hydroxylation sites is 1. The number of carbonyl (C=O) groups is 8.